The highest BCUT2D eigenvalue weighted by Crippen LogP contribution is 2.23. The van der Waals surface area contributed by atoms with Crippen LogP contribution in [0.2, 0.25) is 0 Å². The van der Waals surface area contributed by atoms with Gasteiger partial charge in [0.25, 0.3) is 5.56 Å². The Labute approximate surface area is 138 Å². The van der Waals surface area contributed by atoms with Crippen LogP contribution < -0.4 is 5.56 Å². The van der Waals surface area contributed by atoms with Crippen molar-refractivity contribution in [1.29, 1.82) is 0 Å². The summed E-state index contributed by atoms with van der Waals surface area (Å²) in [6.45, 7) is 7.83. The third-order valence-corrected chi connectivity index (χ3v) is 4.56. The molecule has 4 nitrogen and oxygen atoms in total. The van der Waals surface area contributed by atoms with E-state index in [0.29, 0.717) is 27.6 Å². The Bertz CT molecular complexity index is 946. The summed E-state index contributed by atoms with van der Waals surface area (Å²) in [4.78, 5) is 22.1. The molecule has 2 heterocycles. The maximum Gasteiger partial charge on any atom is 0.267 e. The molecule has 0 N–H and O–H groups in total. The molecule has 3 aromatic rings. The smallest absolute Gasteiger partial charge is 0.267 e. The van der Waals surface area contributed by atoms with Crippen molar-refractivity contribution in [2.45, 2.75) is 19.0 Å². The first-order valence-corrected chi connectivity index (χ1v) is 8.27. The highest BCUT2D eigenvalue weighted by Gasteiger charge is 2.15. The van der Waals surface area contributed by atoms with Crippen molar-refractivity contribution in [3.63, 3.8) is 0 Å². The van der Waals surface area contributed by atoms with Crippen LogP contribution in [0.15, 0.2) is 64.7 Å². The maximum absolute atomic E-state index is 13.0. The van der Waals surface area contributed by atoms with Crippen LogP contribution in [-0.2, 0) is 0 Å². The molecule has 0 saturated carbocycles. The highest BCUT2D eigenvalue weighted by molar-refractivity contribution is 7.99. The van der Waals surface area contributed by atoms with Crippen molar-refractivity contribution >= 4 is 22.7 Å². The van der Waals surface area contributed by atoms with Crippen LogP contribution in [0.25, 0.3) is 16.7 Å². The molecule has 3 rings (SSSR count). The topological polar surface area (TPSA) is 47.8 Å². The number of rotatable bonds is 4. The number of hydrogen-bond acceptors (Lipinski definition) is 4. The first kappa shape index (κ1) is 15.5. The number of thioether (sulfide) groups is 1. The first-order chi connectivity index (χ1) is 11.1. The number of nitrogens with zero attached hydrogens (tertiary/aromatic N) is 3. The summed E-state index contributed by atoms with van der Waals surface area (Å²) in [5.74, 6) is 1.33. The molecule has 0 bridgehead atoms. The lowest BCUT2D eigenvalue weighted by molar-refractivity contribution is 0.790. The SMILES string of the molecule is C=C(C)CSc1nc2ccccc2c(=O)n1-c1ncccc1C. The quantitative estimate of drug-likeness (QED) is 0.417. The molecule has 116 valence electrons. The number of hydrogen-bond donors (Lipinski definition) is 0. The molecular weight excluding hydrogens is 306 g/mol. The third-order valence-electron chi connectivity index (χ3n) is 3.39. The van der Waals surface area contributed by atoms with E-state index in [2.05, 4.69) is 16.5 Å². The Hall–Kier alpha value is -2.40. The minimum absolute atomic E-state index is 0.0957. The van der Waals surface area contributed by atoms with Crippen molar-refractivity contribution in [2.75, 3.05) is 5.75 Å². The summed E-state index contributed by atoms with van der Waals surface area (Å²) in [7, 11) is 0. The molecule has 0 spiro atoms. The van der Waals surface area contributed by atoms with Crippen LogP contribution in [0.5, 0.6) is 0 Å². The zero-order valence-corrected chi connectivity index (χ0v) is 13.9. The van der Waals surface area contributed by atoms with Gasteiger partial charge in [-0.3, -0.25) is 4.79 Å². The van der Waals surface area contributed by atoms with Gasteiger partial charge in [0.2, 0.25) is 0 Å². The van der Waals surface area contributed by atoms with Gasteiger partial charge in [0.15, 0.2) is 5.16 Å². The Kier molecular flexibility index (Phi) is 4.30. The molecule has 0 aliphatic rings. The fourth-order valence-corrected chi connectivity index (χ4v) is 3.13. The van der Waals surface area contributed by atoms with Crippen LogP contribution >= 0.6 is 11.8 Å². The number of fused-ring (bicyclic) bond motifs is 1. The van der Waals surface area contributed by atoms with Crippen molar-refractivity contribution in [1.82, 2.24) is 14.5 Å². The van der Waals surface area contributed by atoms with Crippen LogP contribution in [0.4, 0.5) is 0 Å². The van der Waals surface area contributed by atoms with E-state index in [1.54, 1.807) is 16.8 Å². The number of para-hydroxylation sites is 1. The fraction of sp³-hybridized carbons (Fsp3) is 0.167. The third kappa shape index (κ3) is 3.05. The largest absolute Gasteiger partial charge is 0.268 e. The van der Waals surface area contributed by atoms with Gasteiger partial charge in [0.05, 0.1) is 10.9 Å². The normalized spacial score (nSPS) is 10.9. The molecule has 1 aromatic carbocycles. The average molecular weight is 323 g/mol. The first-order valence-electron chi connectivity index (χ1n) is 7.29. The summed E-state index contributed by atoms with van der Waals surface area (Å²) < 4.78 is 1.60. The molecule has 0 atom stereocenters. The molecule has 0 fully saturated rings. The van der Waals surface area contributed by atoms with E-state index in [0.717, 1.165) is 11.1 Å². The van der Waals surface area contributed by atoms with Crippen LogP contribution in [0.3, 0.4) is 0 Å². The Morgan fingerprint density at radius 3 is 2.78 bits per heavy atom. The maximum atomic E-state index is 13.0. The molecule has 0 amide bonds. The second kappa shape index (κ2) is 6.38. The van der Waals surface area contributed by atoms with Gasteiger partial charge < -0.3 is 0 Å². The van der Waals surface area contributed by atoms with Gasteiger partial charge in [-0.2, -0.15) is 0 Å². The lowest BCUT2D eigenvalue weighted by Gasteiger charge is -2.14. The van der Waals surface area contributed by atoms with Gasteiger partial charge in [0.1, 0.15) is 5.82 Å². The van der Waals surface area contributed by atoms with Crippen molar-refractivity contribution < 1.29 is 0 Å². The highest BCUT2D eigenvalue weighted by atomic mass is 32.2. The summed E-state index contributed by atoms with van der Waals surface area (Å²) >= 11 is 1.50. The summed E-state index contributed by atoms with van der Waals surface area (Å²) in [5, 5.41) is 1.23. The van der Waals surface area contributed by atoms with Crippen LogP contribution in [0.1, 0.15) is 12.5 Å². The summed E-state index contributed by atoms with van der Waals surface area (Å²) in [6, 6.07) is 11.2. The zero-order chi connectivity index (χ0) is 16.4. The van der Waals surface area contributed by atoms with Gasteiger partial charge in [0, 0.05) is 11.9 Å². The van der Waals surface area contributed by atoms with Gasteiger partial charge in [-0.05, 0) is 37.6 Å². The molecule has 0 aliphatic carbocycles. The van der Waals surface area contributed by atoms with Gasteiger partial charge in [-0.25, -0.2) is 14.5 Å². The molecule has 2 aromatic heterocycles. The predicted molar refractivity (Wildman–Crippen MR) is 95.4 cm³/mol. The van der Waals surface area contributed by atoms with Crippen molar-refractivity contribution in [2.24, 2.45) is 0 Å². The second-order valence-corrected chi connectivity index (χ2v) is 6.38. The van der Waals surface area contributed by atoms with Crippen molar-refractivity contribution in [3.8, 4) is 5.82 Å². The van der Waals surface area contributed by atoms with E-state index < -0.39 is 0 Å². The van der Waals surface area contributed by atoms with Crippen LogP contribution in [0, 0.1) is 6.92 Å². The lowest BCUT2D eigenvalue weighted by Crippen LogP contribution is -2.23. The van der Waals surface area contributed by atoms with E-state index in [-0.39, 0.29) is 5.56 Å². The molecule has 5 heteroatoms. The standard InChI is InChI=1S/C18H17N3OS/c1-12(2)11-23-18-20-15-9-5-4-8-14(15)17(22)21(18)16-13(3)7-6-10-19-16/h4-10H,1,11H2,2-3H3. The zero-order valence-electron chi connectivity index (χ0n) is 13.1. The average Bonchev–Trinajstić information content (AvgIpc) is 2.54. The number of pyridine rings is 1. The molecule has 0 unspecified atom stereocenters. The Morgan fingerprint density at radius 1 is 1.26 bits per heavy atom. The Morgan fingerprint density at radius 2 is 2.04 bits per heavy atom. The molecule has 0 aliphatic heterocycles. The van der Waals surface area contributed by atoms with E-state index in [1.807, 2.05) is 44.2 Å². The molecule has 0 radical (unpaired) electrons. The van der Waals surface area contributed by atoms with E-state index in [9.17, 15) is 4.79 Å². The number of benzene rings is 1. The van der Waals surface area contributed by atoms with Gasteiger partial charge >= 0.3 is 0 Å². The molecule has 23 heavy (non-hydrogen) atoms. The lowest BCUT2D eigenvalue weighted by atomic mass is 10.2. The number of aromatic nitrogens is 3. The van der Waals surface area contributed by atoms with Gasteiger partial charge in [-0.1, -0.05) is 42.1 Å². The Balaban J connectivity index is 2.30. The minimum Gasteiger partial charge on any atom is -0.268 e. The summed E-state index contributed by atoms with van der Waals surface area (Å²) in [6.07, 6.45) is 1.69. The van der Waals surface area contributed by atoms with E-state index >= 15 is 0 Å². The van der Waals surface area contributed by atoms with E-state index in [1.165, 1.54) is 11.8 Å². The molecule has 0 saturated heterocycles. The second-order valence-electron chi connectivity index (χ2n) is 5.44. The summed E-state index contributed by atoms with van der Waals surface area (Å²) in [5.41, 5.74) is 2.57. The fourth-order valence-electron chi connectivity index (χ4n) is 2.30. The molecular formula is C18H17N3OS. The van der Waals surface area contributed by atoms with Crippen molar-refractivity contribution in [3.05, 3.63) is 70.7 Å². The van der Waals surface area contributed by atoms with Gasteiger partial charge in [-0.15, -0.1) is 0 Å². The number of aryl methyl sites for hydroxylation is 1. The minimum atomic E-state index is -0.0957. The van der Waals surface area contributed by atoms with E-state index in [4.69, 9.17) is 0 Å². The van der Waals surface area contributed by atoms with Crippen LogP contribution in [-0.4, -0.2) is 20.3 Å². The predicted octanol–water partition coefficient (Wildman–Crippen LogP) is 3.76. The monoisotopic (exact) mass is 323 g/mol.